The first kappa shape index (κ1) is 36.4. The fourth-order valence-corrected chi connectivity index (χ4v) is 7.17. The lowest BCUT2D eigenvalue weighted by atomic mass is 10.1. The normalized spacial score (nSPS) is 18.6. The van der Waals surface area contributed by atoms with E-state index in [0.29, 0.717) is 69.6 Å². The van der Waals surface area contributed by atoms with Gasteiger partial charge in [-0.15, -0.1) is 0 Å². The number of carbonyl (C=O) groups excluding carboxylic acids is 4. The number of urea groups is 1. The van der Waals surface area contributed by atoms with Crippen LogP contribution in [0.1, 0.15) is 29.6 Å². The van der Waals surface area contributed by atoms with Gasteiger partial charge in [0.15, 0.2) is 23.3 Å². The standard InChI is InChI=1S/C34H41FN6O9S/c35-26-7-8-27-30(39-34(51-27)41-24-5-6-25(41)20-49-19-24)31(26)50-21-29(43)36-10-13-46-15-17-48-18-16-47-14-11-37-32(44)22-1-3-23(4-2-22)40-12-9-28(42)38-33(40)45/h1-4,7-8,24-25H,5-6,9-21H2,(H,36,43)(H,37,44)(H,38,42,45). The highest BCUT2D eigenvalue weighted by atomic mass is 32.1. The first-order valence-corrected chi connectivity index (χ1v) is 17.8. The Kier molecular flexibility index (Phi) is 12.6. The fraction of sp³-hybridized carbons (Fsp3) is 0.500. The molecule has 1 aromatic heterocycles. The third-order valence-electron chi connectivity index (χ3n) is 8.60. The Balaban J connectivity index is 0.774. The molecule has 3 N–H and O–H groups in total. The second-order valence-electron chi connectivity index (χ2n) is 12.1. The summed E-state index contributed by atoms with van der Waals surface area (Å²) in [6.07, 6.45) is 2.32. The maximum Gasteiger partial charge on any atom is 0.328 e. The first-order chi connectivity index (χ1) is 24.9. The summed E-state index contributed by atoms with van der Waals surface area (Å²) >= 11 is 1.49. The summed E-state index contributed by atoms with van der Waals surface area (Å²) in [5, 5.41) is 8.56. The number of nitrogens with one attached hydrogen (secondary N) is 3. The molecule has 2 aromatic carbocycles. The summed E-state index contributed by atoms with van der Waals surface area (Å²) in [4.78, 5) is 56.5. The highest BCUT2D eigenvalue weighted by molar-refractivity contribution is 7.22. The second kappa shape index (κ2) is 17.7. The van der Waals surface area contributed by atoms with E-state index in [-0.39, 0.29) is 62.4 Å². The molecule has 0 spiro atoms. The zero-order valence-corrected chi connectivity index (χ0v) is 28.8. The molecule has 3 saturated heterocycles. The lowest BCUT2D eigenvalue weighted by Gasteiger charge is -2.34. The predicted octanol–water partition coefficient (Wildman–Crippen LogP) is 2.22. The number of rotatable bonds is 18. The van der Waals surface area contributed by atoms with Crippen LogP contribution in [-0.4, -0.2) is 120 Å². The maximum absolute atomic E-state index is 14.7. The van der Waals surface area contributed by atoms with Crippen molar-refractivity contribution in [3.8, 4) is 5.75 Å². The molecule has 2 bridgehead atoms. The van der Waals surface area contributed by atoms with E-state index in [0.717, 1.165) is 22.7 Å². The van der Waals surface area contributed by atoms with Gasteiger partial charge >= 0.3 is 6.03 Å². The average molecular weight is 729 g/mol. The number of anilines is 2. The maximum atomic E-state index is 14.7. The molecular weight excluding hydrogens is 687 g/mol. The number of amides is 5. The minimum absolute atomic E-state index is 0.0258. The van der Waals surface area contributed by atoms with Crippen LogP contribution in [0.5, 0.6) is 5.75 Å². The smallest absolute Gasteiger partial charge is 0.328 e. The number of thiazole rings is 1. The van der Waals surface area contributed by atoms with Crippen LogP contribution in [0.4, 0.5) is 20.0 Å². The number of carbonyl (C=O) groups is 4. The third-order valence-corrected chi connectivity index (χ3v) is 9.64. The van der Waals surface area contributed by atoms with Crippen LogP contribution in [0.2, 0.25) is 0 Å². The number of benzene rings is 2. The molecule has 17 heteroatoms. The lowest BCUT2D eigenvalue weighted by molar-refractivity contribution is -0.123. The van der Waals surface area contributed by atoms with Gasteiger partial charge in [0.2, 0.25) is 5.91 Å². The first-order valence-electron chi connectivity index (χ1n) is 16.9. The number of imide groups is 1. The molecule has 15 nitrogen and oxygen atoms in total. The SMILES string of the molecule is O=C(COc1c(F)ccc2sc(N3C4CCC3COC4)nc12)NCCOCCOCCOCCNC(=O)c1ccc(N2CCC(=O)NC2=O)cc1. The van der Waals surface area contributed by atoms with Crippen molar-refractivity contribution in [2.24, 2.45) is 0 Å². The van der Waals surface area contributed by atoms with Gasteiger partial charge in [0.1, 0.15) is 5.52 Å². The van der Waals surface area contributed by atoms with Crippen molar-refractivity contribution in [3.05, 3.63) is 47.8 Å². The van der Waals surface area contributed by atoms with E-state index in [9.17, 15) is 23.6 Å². The highest BCUT2D eigenvalue weighted by Gasteiger charge is 2.39. The molecule has 2 unspecified atom stereocenters. The number of nitrogens with zero attached hydrogens (tertiary/aromatic N) is 3. The molecule has 6 rings (SSSR count). The molecule has 0 aliphatic carbocycles. The minimum Gasteiger partial charge on any atom is -0.478 e. The van der Waals surface area contributed by atoms with Crippen LogP contribution in [0.25, 0.3) is 10.2 Å². The average Bonchev–Trinajstić information content (AvgIpc) is 3.66. The van der Waals surface area contributed by atoms with Crippen LogP contribution in [-0.2, 0) is 28.5 Å². The largest absolute Gasteiger partial charge is 0.478 e. The Labute approximate surface area is 297 Å². The number of aromatic nitrogens is 1. The third kappa shape index (κ3) is 9.48. The zero-order chi connectivity index (χ0) is 35.6. The van der Waals surface area contributed by atoms with E-state index >= 15 is 0 Å². The molecule has 3 fully saturated rings. The number of halogens is 1. The molecule has 4 heterocycles. The Morgan fingerprint density at radius 1 is 0.922 bits per heavy atom. The molecule has 51 heavy (non-hydrogen) atoms. The molecule has 0 saturated carbocycles. The zero-order valence-electron chi connectivity index (χ0n) is 28.0. The molecule has 2 atom stereocenters. The van der Waals surface area contributed by atoms with E-state index in [1.54, 1.807) is 30.3 Å². The van der Waals surface area contributed by atoms with Gasteiger partial charge in [0.05, 0.1) is 69.6 Å². The van der Waals surface area contributed by atoms with Crippen LogP contribution in [0.15, 0.2) is 36.4 Å². The number of hydrogen-bond acceptors (Lipinski definition) is 12. The Bertz CT molecular complexity index is 1680. The van der Waals surface area contributed by atoms with Gasteiger partial charge in [-0.3, -0.25) is 24.6 Å². The summed E-state index contributed by atoms with van der Waals surface area (Å²) in [6.45, 7) is 3.75. The van der Waals surface area contributed by atoms with Gasteiger partial charge < -0.3 is 39.2 Å². The van der Waals surface area contributed by atoms with Crippen LogP contribution < -0.4 is 30.5 Å². The van der Waals surface area contributed by atoms with E-state index in [1.807, 2.05) is 0 Å². The van der Waals surface area contributed by atoms with Gasteiger partial charge in [-0.05, 0) is 49.2 Å². The molecule has 0 radical (unpaired) electrons. The molecule has 3 aliphatic heterocycles. The summed E-state index contributed by atoms with van der Waals surface area (Å²) < 4.78 is 43.2. The van der Waals surface area contributed by atoms with Gasteiger partial charge in [-0.2, -0.15) is 0 Å². The van der Waals surface area contributed by atoms with Crippen LogP contribution in [0.3, 0.4) is 0 Å². The van der Waals surface area contributed by atoms with Gasteiger partial charge in [-0.25, -0.2) is 14.2 Å². The quantitative estimate of drug-likeness (QED) is 0.164. The van der Waals surface area contributed by atoms with Crippen molar-refractivity contribution in [1.29, 1.82) is 0 Å². The second-order valence-corrected chi connectivity index (χ2v) is 13.1. The lowest BCUT2D eigenvalue weighted by Crippen LogP contribution is -2.49. The van der Waals surface area contributed by atoms with E-state index < -0.39 is 17.8 Å². The fourth-order valence-electron chi connectivity index (χ4n) is 6.06. The van der Waals surface area contributed by atoms with Gasteiger partial charge in [0, 0.05) is 37.3 Å². The summed E-state index contributed by atoms with van der Waals surface area (Å²) in [5.41, 5.74) is 1.46. The number of morpholine rings is 1. The highest BCUT2D eigenvalue weighted by Crippen LogP contribution is 2.41. The van der Waals surface area contributed by atoms with E-state index in [4.69, 9.17) is 28.7 Å². The summed E-state index contributed by atoms with van der Waals surface area (Å²) in [7, 11) is 0. The molecular formula is C34H41FN6O9S. The van der Waals surface area contributed by atoms with Crippen molar-refractivity contribution in [2.45, 2.75) is 31.3 Å². The molecule has 3 aliphatic rings. The number of ether oxygens (including phenoxy) is 5. The van der Waals surface area contributed by atoms with Crippen molar-refractivity contribution >= 4 is 56.1 Å². The van der Waals surface area contributed by atoms with Crippen molar-refractivity contribution in [2.75, 3.05) is 88.9 Å². The number of fused-ring (bicyclic) bond motifs is 3. The van der Waals surface area contributed by atoms with Gasteiger partial charge in [0.25, 0.3) is 11.8 Å². The molecule has 3 aromatic rings. The van der Waals surface area contributed by atoms with Crippen molar-refractivity contribution in [1.82, 2.24) is 20.9 Å². The van der Waals surface area contributed by atoms with Crippen LogP contribution >= 0.6 is 11.3 Å². The number of hydrogen-bond donors (Lipinski definition) is 3. The molecule has 274 valence electrons. The summed E-state index contributed by atoms with van der Waals surface area (Å²) in [6, 6.07) is 9.65. The summed E-state index contributed by atoms with van der Waals surface area (Å²) in [5.74, 6) is -1.57. The predicted molar refractivity (Wildman–Crippen MR) is 185 cm³/mol. The molecule has 5 amide bonds. The van der Waals surface area contributed by atoms with Crippen LogP contribution in [0, 0.1) is 5.82 Å². The van der Waals surface area contributed by atoms with E-state index in [1.165, 1.54) is 22.3 Å². The Hall–Kier alpha value is -4.42. The minimum atomic E-state index is -0.566. The van der Waals surface area contributed by atoms with Crippen molar-refractivity contribution in [3.63, 3.8) is 0 Å². The Morgan fingerprint density at radius 3 is 2.27 bits per heavy atom. The topological polar surface area (TPSA) is 170 Å². The monoisotopic (exact) mass is 728 g/mol. The van der Waals surface area contributed by atoms with E-state index in [2.05, 4.69) is 20.9 Å². The Morgan fingerprint density at radius 2 is 1.59 bits per heavy atom. The van der Waals surface area contributed by atoms with Gasteiger partial charge in [-0.1, -0.05) is 11.3 Å². The van der Waals surface area contributed by atoms with Crippen molar-refractivity contribution < 1.29 is 47.3 Å².